The molecule has 35 heavy (non-hydrogen) atoms. The Balaban J connectivity index is 1.72. The van der Waals surface area contributed by atoms with E-state index < -0.39 is 6.04 Å². The van der Waals surface area contributed by atoms with E-state index in [1.54, 1.807) is 30.3 Å². The summed E-state index contributed by atoms with van der Waals surface area (Å²) in [5.41, 5.74) is 0.998. The molecule has 0 fully saturated rings. The fourth-order valence-corrected chi connectivity index (χ4v) is 4.76. The van der Waals surface area contributed by atoms with E-state index in [1.165, 1.54) is 17.8 Å². The van der Waals surface area contributed by atoms with Crippen molar-refractivity contribution in [1.29, 1.82) is 0 Å². The highest BCUT2D eigenvalue weighted by Gasteiger charge is 2.26. The maximum absolute atomic E-state index is 12.9. The number of aromatic nitrogens is 3. The van der Waals surface area contributed by atoms with E-state index in [1.807, 2.05) is 25.3 Å². The number of rotatable bonds is 9. The smallest absolute Gasteiger partial charge is 0.251 e. The highest BCUT2D eigenvalue weighted by Crippen LogP contribution is 2.28. The first-order valence-electron chi connectivity index (χ1n) is 10.7. The minimum absolute atomic E-state index is 0.0273. The molecule has 7 nitrogen and oxygen atoms in total. The van der Waals surface area contributed by atoms with Crippen LogP contribution < -0.4 is 10.6 Å². The molecule has 2 amide bonds. The third-order valence-electron chi connectivity index (χ3n) is 5.01. The number of nitrogens with one attached hydrogen (secondary N) is 2. The number of benzene rings is 2. The Morgan fingerprint density at radius 1 is 1.06 bits per heavy atom. The highest BCUT2D eigenvalue weighted by molar-refractivity contribution is 9.10. The quantitative estimate of drug-likeness (QED) is 0.255. The topological polar surface area (TPSA) is 88.9 Å². The van der Waals surface area contributed by atoms with Crippen molar-refractivity contribution in [3.63, 3.8) is 0 Å². The number of thioether (sulfide) groups is 1. The van der Waals surface area contributed by atoms with Crippen molar-refractivity contribution in [1.82, 2.24) is 20.1 Å². The average Bonchev–Trinajstić information content (AvgIpc) is 3.22. The minimum Gasteiger partial charge on any atom is -0.342 e. The number of carbonyl (C=O) groups is 2. The summed E-state index contributed by atoms with van der Waals surface area (Å²) < 4.78 is 2.65. The van der Waals surface area contributed by atoms with E-state index in [0.29, 0.717) is 43.8 Å². The Bertz CT molecular complexity index is 1240. The van der Waals surface area contributed by atoms with Gasteiger partial charge < -0.3 is 15.2 Å². The summed E-state index contributed by atoms with van der Waals surface area (Å²) in [6, 6.07) is 9.52. The minimum atomic E-state index is -0.405. The van der Waals surface area contributed by atoms with Crippen LogP contribution in [-0.2, 0) is 11.3 Å². The number of hydrogen-bond donors (Lipinski definition) is 2. The van der Waals surface area contributed by atoms with Gasteiger partial charge in [0, 0.05) is 22.3 Å². The van der Waals surface area contributed by atoms with Crippen LogP contribution in [0.4, 0.5) is 5.69 Å². The fraction of sp³-hybridized carbons (Fsp3) is 0.304. The first-order valence-corrected chi connectivity index (χ1v) is 13.6. The normalized spacial score (nSPS) is 12.0. The summed E-state index contributed by atoms with van der Waals surface area (Å²) >= 11 is 22.7. The van der Waals surface area contributed by atoms with Gasteiger partial charge in [-0.25, -0.2) is 0 Å². The first-order chi connectivity index (χ1) is 16.6. The Labute approximate surface area is 231 Å². The zero-order valence-electron chi connectivity index (χ0n) is 19.1. The van der Waals surface area contributed by atoms with Crippen molar-refractivity contribution in [3.8, 4) is 0 Å². The second kappa shape index (κ2) is 12.5. The molecule has 3 aromatic rings. The Morgan fingerprint density at radius 3 is 2.43 bits per heavy atom. The lowest BCUT2D eigenvalue weighted by Gasteiger charge is -2.22. The number of carbonyl (C=O) groups excluding carboxylic acids is 2. The molecule has 1 aromatic heterocycles. The molecule has 1 atom stereocenters. The van der Waals surface area contributed by atoms with Gasteiger partial charge in [-0.05, 0) is 65.2 Å². The van der Waals surface area contributed by atoms with Gasteiger partial charge in [-0.3, -0.25) is 9.59 Å². The molecule has 0 aliphatic heterocycles. The Morgan fingerprint density at radius 2 is 1.80 bits per heavy atom. The molecular weight excluding hydrogens is 597 g/mol. The van der Waals surface area contributed by atoms with Crippen molar-refractivity contribution in [2.75, 3.05) is 11.1 Å². The summed E-state index contributed by atoms with van der Waals surface area (Å²) in [6.07, 6.45) is 0. The van der Waals surface area contributed by atoms with Gasteiger partial charge in [-0.2, -0.15) is 0 Å². The third kappa shape index (κ3) is 7.13. The van der Waals surface area contributed by atoms with Crippen LogP contribution in [0, 0.1) is 5.92 Å². The molecule has 0 aliphatic carbocycles. The monoisotopic (exact) mass is 617 g/mol. The van der Waals surface area contributed by atoms with Crippen LogP contribution in [0.1, 0.15) is 43.0 Å². The molecule has 0 saturated carbocycles. The molecule has 0 aliphatic rings. The number of nitrogens with zero attached hydrogens (tertiary/aromatic N) is 3. The van der Waals surface area contributed by atoms with Crippen molar-refractivity contribution in [2.45, 2.75) is 38.5 Å². The van der Waals surface area contributed by atoms with Gasteiger partial charge in [-0.15, -0.1) is 10.2 Å². The predicted molar refractivity (Wildman–Crippen MR) is 146 cm³/mol. The zero-order valence-corrected chi connectivity index (χ0v) is 23.8. The zero-order chi connectivity index (χ0) is 25.7. The predicted octanol–water partition coefficient (Wildman–Crippen LogP) is 6.88. The summed E-state index contributed by atoms with van der Waals surface area (Å²) in [5, 5.41) is 16.2. The lowest BCUT2D eigenvalue weighted by Crippen LogP contribution is -2.33. The van der Waals surface area contributed by atoms with Crippen molar-refractivity contribution in [3.05, 3.63) is 67.3 Å². The SMILES string of the molecule is CCn1c(SCC(=O)Nc2ccc(Br)c(Cl)c2)nnc1[C@H](NC(=O)c1ccc(Cl)c(Cl)c1)C(C)C. The Kier molecular flexibility index (Phi) is 9.89. The summed E-state index contributed by atoms with van der Waals surface area (Å²) in [7, 11) is 0. The molecular formula is C23H23BrCl3N5O2S. The van der Waals surface area contributed by atoms with Gasteiger partial charge >= 0.3 is 0 Å². The molecule has 0 unspecified atom stereocenters. The van der Waals surface area contributed by atoms with E-state index in [0.717, 1.165) is 4.47 Å². The van der Waals surface area contributed by atoms with Gasteiger partial charge in [0.05, 0.1) is 26.9 Å². The Hall–Kier alpha value is -1.78. The fourth-order valence-electron chi connectivity index (χ4n) is 3.23. The lowest BCUT2D eigenvalue weighted by molar-refractivity contribution is -0.113. The molecule has 12 heteroatoms. The van der Waals surface area contributed by atoms with Crippen LogP contribution >= 0.6 is 62.5 Å². The van der Waals surface area contributed by atoms with Crippen LogP contribution in [0.15, 0.2) is 46.0 Å². The van der Waals surface area contributed by atoms with Gasteiger partial charge in [-0.1, -0.05) is 60.4 Å². The molecule has 2 aromatic carbocycles. The van der Waals surface area contributed by atoms with E-state index in [2.05, 4.69) is 36.8 Å². The lowest BCUT2D eigenvalue weighted by atomic mass is 10.0. The number of anilines is 1. The number of halogens is 4. The second-order valence-corrected chi connectivity index (χ2v) is 10.9. The van der Waals surface area contributed by atoms with E-state index in [4.69, 9.17) is 34.8 Å². The molecule has 1 heterocycles. The van der Waals surface area contributed by atoms with Crippen molar-refractivity contribution >= 4 is 80.0 Å². The van der Waals surface area contributed by atoms with Crippen molar-refractivity contribution in [2.24, 2.45) is 5.92 Å². The van der Waals surface area contributed by atoms with E-state index in [-0.39, 0.29) is 23.5 Å². The second-order valence-electron chi connectivity index (χ2n) is 7.87. The van der Waals surface area contributed by atoms with Gasteiger partial charge in [0.2, 0.25) is 5.91 Å². The van der Waals surface area contributed by atoms with Gasteiger partial charge in [0.1, 0.15) is 0 Å². The van der Waals surface area contributed by atoms with E-state index in [9.17, 15) is 9.59 Å². The number of hydrogen-bond acceptors (Lipinski definition) is 5. The van der Waals surface area contributed by atoms with E-state index >= 15 is 0 Å². The summed E-state index contributed by atoms with van der Waals surface area (Å²) in [6.45, 7) is 6.50. The first kappa shape index (κ1) is 27.8. The molecule has 186 valence electrons. The van der Waals surface area contributed by atoms with Crippen LogP contribution in [-0.4, -0.2) is 32.3 Å². The molecule has 3 rings (SSSR count). The van der Waals surface area contributed by atoms with Gasteiger partial charge in [0.25, 0.3) is 5.91 Å². The molecule has 2 N–H and O–H groups in total. The molecule has 0 spiro atoms. The van der Waals surface area contributed by atoms with Crippen LogP contribution in [0.2, 0.25) is 15.1 Å². The highest BCUT2D eigenvalue weighted by atomic mass is 79.9. The van der Waals surface area contributed by atoms with Crippen LogP contribution in [0.5, 0.6) is 0 Å². The maximum atomic E-state index is 12.9. The maximum Gasteiger partial charge on any atom is 0.251 e. The summed E-state index contributed by atoms with van der Waals surface area (Å²) in [4.78, 5) is 25.4. The average molecular weight is 620 g/mol. The van der Waals surface area contributed by atoms with Crippen molar-refractivity contribution < 1.29 is 9.59 Å². The van der Waals surface area contributed by atoms with Crippen LogP contribution in [0.25, 0.3) is 0 Å². The summed E-state index contributed by atoms with van der Waals surface area (Å²) in [5.74, 6) is 0.273. The molecule has 0 saturated heterocycles. The van der Waals surface area contributed by atoms with Gasteiger partial charge in [0.15, 0.2) is 11.0 Å². The van der Waals surface area contributed by atoms with Crippen LogP contribution in [0.3, 0.4) is 0 Å². The number of amides is 2. The third-order valence-corrected chi connectivity index (χ3v) is 7.95. The standard InChI is InChI=1S/C23H23BrCl3N5O2S/c1-4-32-21(20(12(2)3)29-22(34)13-5-8-16(25)18(27)9-13)30-31-23(32)35-11-19(33)28-14-6-7-15(24)17(26)10-14/h5-10,12,20H,4,11H2,1-3H3,(H,28,33)(H,29,34)/t20-/m1/s1. The largest absolute Gasteiger partial charge is 0.342 e. The molecule has 0 radical (unpaired) electrons. The molecule has 0 bridgehead atoms.